The van der Waals surface area contributed by atoms with Gasteiger partial charge in [0.15, 0.2) is 5.78 Å². The normalized spacial score (nSPS) is 17.1. The highest BCUT2D eigenvalue weighted by molar-refractivity contribution is 7.91. The second kappa shape index (κ2) is 6.78. The molecule has 4 nitrogen and oxygen atoms in total. The number of benzene rings is 1. The van der Waals surface area contributed by atoms with Gasteiger partial charge in [0.2, 0.25) is 0 Å². The number of carbonyl (C=O) groups excluding carboxylic acids is 1. The first-order valence-electron chi connectivity index (χ1n) is 8.04. The molecule has 0 bridgehead atoms. The molecule has 1 aromatic carbocycles. The Bertz CT molecular complexity index is 833. The van der Waals surface area contributed by atoms with E-state index >= 15 is 0 Å². The second-order valence-electron chi connectivity index (χ2n) is 6.27. The van der Waals surface area contributed by atoms with Gasteiger partial charge in [-0.2, -0.15) is 4.31 Å². The summed E-state index contributed by atoms with van der Waals surface area (Å²) in [5.41, 5.74) is 3.01. The van der Waals surface area contributed by atoms with Crippen LogP contribution < -0.4 is 0 Å². The number of ketones is 1. The summed E-state index contributed by atoms with van der Waals surface area (Å²) in [5, 5.41) is 1.77. The summed E-state index contributed by atoms with van der Waals surface area (Å²) in [6.07, 6.45) is 1.16. The number of hydrogen-bond donors (Lipinski definition) is 0. The summed E-state index contributed by atoms with van der Waals surface area (Å²) >= 11 is 1.23. The first-order valence-corrected chi connectivity index (χ1v) is 10.4. The van der Waals surface area contributed by atoms with Gasteiger partial charge in [0.25, 0.3) is 10.0 Å². The fraction of sp³-hybridized carbons (Fsp3) is 0.389. The number of piperidine rings is 1. The van der Waals surface area contributed by atoms with E-state index < -0.39 is 10.0 Å². The van der Waals surface area contributed by atoms with E-state index in [1.807, 2.05) is 32.0 Å². The van der Waals surface area contributed by atoms with Gasteiger partial charge >= 0.3 is 0 Å². The maximum Gasteiger partial charge on any atom is 0.252 e. The molecule has 24 heavy (non-hydrogen) atoms. The number of thiophene rings is 1. The minimum atomic E-state index is -3.40. The van der Waals surface area contributed by atoms with Crippen LogP contribution in [0.5, 0.6) is 0 Å². The summed E-state index contributed by atoms with van der Waals surface area (Å²) < 4.78 is 26.9. The van der Waals surface area contributed by atoms with Crippen molar-refractivity contribution in [2.75, 3.05) is 13.1 Å². The van der Waals surface area contributed by atoms with Crippen LogP contribution in [0.4, 0.5) is 0 Å². The zero-order chi connectivity index (χ0) is 17.3. The van der Waals surface area contributed by atoms with Crippen LogP contribution in [-0.4, -0.2) is 31.6 Å². The first kappa shape index (κ1) is 17.3. The predicted octanol–water partition coefficient (Wildman–Crippen LogP) is 3.65. The van der Waals surface area contributed by atoms with Gasteiger partial charge in [-0.1, -0.05) is 18.2 Å². The van der Waals surface area contributed by atoms with E-state index in [1.54, 1.807) is 17.5 Å². The molecule has 0 radical (unpaired) electrons. The fourth-order valence-corrected chi connectivity index (χ4v) is 5.64. The predicted molar refractivity (Wildman–Crippen MR) is 96.0 cm³/mol. The van der Waals surface area contributed by atoms with Crippen molar-refractivity contribution in [1.82, 2.24) is 4.31 Å². The van der Waals surface area contributed by atoms with E-state index in [0.29, 0.717) is 30.1 Å². The van der Waals surface area contributed by atoms with Gasteiger partial charge in [-0.25, -0.2) is 8.42 Å². The highest BCUT2D eigenvalue weighted by Gasteiger charge is 2.32. The number of sulfonamides is 1. The SMILES string of the molecule is Cc1ccc(C(=O)C2CCN(S(=O)(=O)c3cccs3)CC2)cc1C. The van der Waals surface area contributed by atoms with Gasteiger partial charge in [-0.3, -0.25) is 4.79 Å². The van der Waals surface area contributed by atoms with Crippen LogP contribution in [0.15, 0.2) is 39.9 Å². The van der Waals surface area contributed by atoms with Crippen molar-refractivity contribution in [3.05, 3.63) is 52.4 Å². The van der Waals surface area contributed by atoms with Crippen molar-refractivity contribution in [2.24, 2.45) is 5.92 Å². The third-order valence-corrected chi connectivity index (χ3v) is 7.98. The molecule has 1 aliphatic heterocycles. The number of Topliss-reactive ketones (excluding diaryl/α,β-unsaturated/α-hetero) is 1. The molecule has 0 amide bonds. The zero-order valence-corrected chi connectivity index (χ0v) is 15.5. The highest BCUT2D eigenvalue weighted by atomic mass is 32.2. The van der Waals surface area contributed by atoms with Crippen LogP contribution in [-0.2, 0) is 10.0 Å². The van der Waals surface area contributed by atoms with E-state index in [9.17, 15) is 13.2 Å². The van der Waals surface area contributed by atoms with Gasteiger partial charge in [0.1, 0.15) is 4.21 Å². The quantitative estimate of drug-likeness (QED) is 0.779. The molecular weight excluding hydrogens is 342 g/mol. The molecule has 128 valence electrons. The standard InChI is InChI=1S/C18H21NO3S2/c1-13-5-6-16(12-14(13)2)18(20)15-7-9-19(10-8-15)24(21,22)17-4-3-11-23-17/h3-6,11-12,15H,7-10H2,1-2H3. The van der Waals surface area contributed by atoms with Crippen LogP contribution in [0, 0.1) is 19.8 Å². The van der Waals surface area contributed by atoms with Gasteiger partial charge in [-0.05, 0) is 55.3 Å². The summed E-state index contributed by atoms with van der Waals surface area (Å²) in [6.45, 7) is 4.84. The van der Waals surface area contributed by atoms with E-state index in [-0.39, 0.29) is 11.7 Å². The fourth-order valence-electron chi connectivity index (χ4n) is 3.03. The molecule has 0 saturated carbocycles. The molecule has 1 fully saturated rings. The van der Waals surface area contributed by atoms with Gasteiger partial charge < -0.3 is 0 Å². The van der Waals surface area contributed by atoms with Crippen molar-refractivity contribution < 1.29 is 13.2 Å². The Morgan fingerprint density at radius 2 is 1.83 bits per heavy atom. The smallest absolute Gasteiger partial charge is 0.252 e. The summed E-state index contributed by atoms with van der Waals surface area (Å²) in [6, 6.07) is 9.16. The van der Waals surface area contributed by atoms with Crippen molar-refractivity contribution >= 4 is 27.1 Å². The average molecular weight is 364 g/mol. The molecule has 2 aromatic rings. The molecule has 0 aliphatic carbocycles. The average Bonchev–Trinajstić information content (AvgIpc) is 3.12. The molecule has 0 N–H and O–H groups in total. The maximum absolute atomic E-state index is 12.7. The molecule has 1 aromatic heterocycles. The molecule has 1 saturated heterocycles. The molecule has 0 unspecified atom stereocenters. The van der Waals surface area contributed by atoms with Gasteiger partial charge in [0, 0.05) is 24.6 Å². The van der Waals surface area contributed by atoms with Crippen molar-refractivity contribution in [1.29, 1.82) is 0 Å². The largest absolute Gasteiger partial charge is 0.294 e. The molecule has 3 rings (SSSR count). The minimum Gasteiger partial charge on any atom is -0.294 e. The van der Waals surface area contributed by atoms with Crippen molar-refractivity contribution in [3.8, 4) is 0 Å². The lowest BCUT2D eigenvalue weighted by atomic mass is 9.88. The Morgan fingerprint density at radius 1 is 1.12 bits per heavy atom. The number of aryl methyl sites for hydroxylation is 2. The second-order valence-corrected chi connectivity index (χ2v) is 9.39. The molecule has 0 atom stereocenters. The van der Waals surface area contributed by atoms with Gasteiger partial charge in [-0.15, -0.1) is 11.3 Å². The summed E-state index contributed by atoms with van der Waals surface area (Å²) in [7, 11) is -3.40. The third-order valence-electron chi connectivity index (χ3n) is 4.71. The molecule has 1 aliphatic rings. The van der Waals surface area contributed by atoms with Crippen LogP contribution in [0.25, 0.3) is 0 Å². The number of carbonyl (C=O) groups is 1. The molecule has 6 heteroatoms. The summed E-state index contributed by atoms with van der Waals surface area (Å²) in [4.78, 5) is 12.7. The van der Waals surface area contributed by atoms with Crippen LogP contribution >= 0.6 is 11.3 Å². The van der Waals surface area contributed by atoms with Crippen LogP contribution in [0.2, 0.25) is 0 Å². The van der Waals surface area contributed by atoms with E-state index in [0.717, 1.165) is 11.1 Å². The minimum absolute atomic E-state index is 0.0955. The number of hydrogen-bond acceptors (Lipinski definition) is 4. The monoisotopic (exact) mass is 363 g/mol. The lowest BCUT2D eigenvalue weighted by molar-refractivity contribution is 0.0875. The zero-order valence-electron chi connectivity index (χ0n) is 13.9. The topological polar surface area (TPSA) is 54.5 Å². The van der Waals surface area contributed by atoms with E-state index in [2.05, 4.69) is 0 Å². The van der Waals surface area contributed by atoms with E-state index in [1.165, 1.54) is 21.2 Å². The van der Waals surface area contributed by atoms with Crippen molar-refractivity contribution in [3.63, 3.8) is 0 Å². The summed E-state index contributed by atoms with van der Waals surface area (Å²) in [5.74, 6) is 0.0353. The first-order chi connectivity index (χ1) is 11.4. The highest BCUT2D eigenvalue weighted by Crippen LogP contribution is 2.28. The van der Waals surface area contributed by atoms with Crippen LogP contribution in [0.1, 0.15) is 34.3 Å². The number of nitrogens with zero attached hydrogens (tertiary/aromatic N) is 1. The lowest BCUT2D eigenvalue weighted by Gasteiger charge is -2.30. The molecule has 0 spiro atoms. The Kier molecular flexibility index (Phi) is 4.90. The Morgan fingerprint density at radius 3 is 2.42 bits per heavy atom. The Balaban J connectivity index is 1.69. The Labute approximate surface area is 147 Å². The molecular formula is C18H21NO3S2. The van der Waals surface area contributed by atoms with Crippen molar-refractivity contribution in [2.45, 2.75) is 30.9 Å². The van der Waals surface area contributed by atoms with E-state index in [4.69, 9.17) is 0 Å². The lowest BCUT2D eigenvalue weighted by Crippen LogP contribution is -2.40. The van der Waals surface area contributed by atoms with Crippen LogP contribution in [0.3, 0.4) is 0 Å². The number of rotatable bonds is 4. The maximum atomic E-state index is 12.7. The Hall–Kier alpha value is -1.50. The molecule has 2 heterocycles. The third kappa shape index (κ3) is 3.31. The van der Waals surface area contributed by atoms with Gasteiger partial charge in [0.05, 0.1) is 0 Å².